The number of benzene rings is 1. The van der Waals surface area contributed by atoms with Crippen LogP contribution in [0.25, 0.3) is 0 Å². The molecule has 0 bridgehead atoms. The minimum absolute atomic E-state index is 0.262. The van der Waals surface area contributed by atoms with Crippen LogP contribution in [0.15, 0.2) is 41.8 Å². The topological polar surface area (TPSA) is 20.2 Å². The first-order valence-corrected chi connectivity index (χ1v) is 6.05. The zero-order valence-electron chi connectivity index (χ0n) is 9.23. The van der Waals surface area contributed by atoms with Gasteiger partial charge in [-0.25, -0.2) is 8.78 Å². The Morgan fingerprint density at radius 2 is 1.88 bits per heavy atom. The summed E-state index contributed by atoms with van der Waals surface area (Å²) in [5.41, 5.74) is -1.29. The van der Waals surface area contributed by atoms with Crippen molar-refractivity contribution < 1.29 is 13.9 Å². The van der Waals surface area contributed by atoms with E-state index in [0.29, 0.717) is 5.56 Å². The molecule has 2 aromatic rings. The fourth-order valence-electron chi connectivity index (χ4n) is 1.85. The number of rotatable bonds is 3. The zero-order valence-corrected chi connectivity index (χ0v) is 10.0. The summed E-state index contributed by atoms with van der Waals surface area (Å²) in [7, 11) is 0. The normalized spacial score (nSPS) is 14.9. The Bertz CT molecular complexity index is 496. The Labute approximate surface area is 102 Å². The van der Waals surface area contributed by atoms with Crippen LogP contribution in [-0.2, 0) is 5.60 Å². The molecule has 0 spiro atoms. The number of halogens is 2. The first-order chi connectivity index (χ1) is 8.06. The summed E-state index contributed by atoms with van der Waals surface area (Å²) in [6.45, 7) is 1.72. The van der Waals surface area contributed by atoms with Gasteiger partial charge in [0.2, 0.25) is 0 Å². The molecule has 4 heteroatoms. The number of alkyl halides is 2. The second kappa shape index (κ2) is 4.55. The van der Waals surface area contributed by atoms with Gasteiger partial charge in [-0.15, -0.1) is 11.3 Å². The van der Waals surface area contributed by atoms with E-state index in [-0.39, 0.29) is 10.4 Å². The molecule has 0 saturated heterocycles. The van der Waals surface area contributed by atoms with Gasteiger partial charge in [0.25, 0.3) is 6.43 Å². The molecular weight excluding hydrogens is 242 g/mol. The zero-order chi connectivity index (χ0) is 12.5. The Kier molecular flexibility index (Phi) is 3.26. The van der Waals surface area contributed by atoms with Gasteiger partial charge >= 0.3 is 0 Å². The lowest BCUT2D eigenvalue weighted by atomic mass is 9.89. The van der Waals surface area contributed by atoms with E-state index in [1.807, 2.05) is 0 Å². The molecule has 0 aliphatic carbocycles. The van der Waals surface area contributed by atoms with Crippen molar-refractivity contribution in [2.75, 3.05) is 0 Å². The summed E-state index contributed by atoms with van der Waals surface area (Å²) in [6, 6.07) is 9.87. The number of hydrogen-bond donors (Lipinski definition) is 1. The molecule has 1 unspecified atom stereocenters. The first-order valence-electron chi connectivity index (χ1n) is 5.17. The van der Waals surface area contributed by atoms with Gasteiger partial charge in [-0.05, 0) is 29.5 Å². The second-order valence-corrected chi connectivity index (χ2v) is 4.81. The van der Waals surface area contributed by atoms with Crippen LogP contribution >= 0.6 is 11.3 Å². The van der Waals surface area contributed by atoms with Gasteiger partial charge in [0, 0.05) is 4.88 Å². The SMILES string of the molecule is Cc1ccccc1C(O)(c1cccs1)C(F)F. The minimum atomic E-state index is -2.86. The average molecular weight is 254 g/mol. The van der Waals surface area contributed by atoms with Gasteiger partial charge in [-0.1, -0.05) is 30.3 Å². The lowest BCUT2D eigenvalue weighted by molar-refractivity contribution is -0.0698. The molecule has 1 nitrogen and oxygen atoms in total. The predicted molar refractivity (Wildman–Crippen MR) is 64.5 cm³/mol. The molecule has 1 heterocycles. The van der Waals surface area contributed by atoms with E-state index in [2.05, 4.69) is 0 Å². The number of hydrogen-bond acceptors (Lipinski definition) is 2. The van der Waals surface area contributed by atoms with Gasteiger partial charge in [-0.3, -0.25) is 0 Å². The van der Waals surface area contributed by atoms with Crippen molar-refractivity contribution in [1.82, 2.24) is 0 Å². The van der Waals surface area contributed by atoms with E-state index in [9.17, 15) is 13.9 Å². The summed E-state index contributed by atoms with van der Waals surface area (Å²) in [4.78, 5) is 0.266. The van der Waals surface area contributed by atoms with Crippen LogP contribution in [0.5, 0.6) is 0 Å². The van der Waals surface area contributed by atoms with Gasteiger partial charge in [0.05, 0.1) is 0 Å². The van der Waals surface area contributed by atoms with Crippen LogP contribution in [0.3, 0.4) is 0 Å². The molecule has 2 rings (SSSR count). The van der Waals surface area contributed by atoms with Crippen molar-refractivity contribution in [2.24, 2.45) is 0 Å². The fourth-order valence-corrected chi connectivity index (χ4v) is 2.69. The molecule has 0 aliphatic heterocycles. The molecule has 90 valence electrons. The summed E-state index contributed by atoms with van der Waals surface area (Å²) < 4.78 is 26.5. The Balaban J connectivity index is 2.61. The largest absolute Gasteiger partial charge is 0.374 e. The molecule has 0 aliphatic rings. The fraction of sp³-hybridized carbons (Fsp3) is 0.231. The highest BCUT2D eigenvalue weighted by Gasteiger charge is 2.43. The molecule has 0 saturated carbocycles. The second-order valence-electron chi connectivity index (χ2n) is 3.86. The number of aryl methyl sites for hydroxylation is 1. The Morgan fingerprint density at radius 3 is 2.41 bits per heavy atom. The lowest BCUT2D eigenvalue weighted by Gasteiger charge is -2.28. The maximum Gasteiger partial charge on any atom is 0.275 e. The third-order valence-corrected chi connectivity index (χ3v) is 3.76. The Hall–Kier alpha value is -1.26. The summed E-state index contributed by atoms with van der Waals surface area (Å²) >= 11 is 1.13. The van der Waals surface area contributed by atoms with Gasteiger partial charge in [-0.2, -0.15) is 0 Å². The third kappa shape index (κ3) is 1.98. The van der Waals surface area contributed by atoms with Crippen LogP contribution in [0.1, 0.15) is 16.0 Å². The van der Waals surface area contributed by atoms with Crippen molar-refractivity contribution >= 4 is 11.3 Å². The molecule has 17 heavy (non-hydrogen) atoms. The smallest absolute Gasteiger partial charge is 0.275 e. The summed E-state index contributed by atoms with van der Waals surface area (Å²) in [6.07, 6.45) is -2.86. The average Bonchev–Trinajstić information content (AvgIpc) is 2.82. The highest BCUT2D eigenvalue weighted by atomic mass is 32.1. The van der Waals surface area contributed by atoms with Crippen LogP contribution < -0.4 is 0 Å². The standard InChI is InChI=1S/C13H12F2OS/c1-9-5-2-3-6-10(9)13(16,12(14)15)11-7-4-8-17-11/h2-8,12,16H,1H3. The van der Waals surface area contributed by atoms with E-state index < -0.39 is 12.0 Å². The van der Waals surface area contributed by atoms with E-state index in [1.165, 1.54) is 6.07 Å². The molecule has 1 aromatic carbocycles. The minimum Gasteiger partial charge on any atom is -0.374 e. The first kappa shape index (κ1) is 12.2. The van der Waals surface area contributed by atoms with E-state index >= 15 is 0 Å². The lowest BCUT2D eigenvalue weighted by Crippen LogP contribution is -2.35. The van der Waals surface area contributed by atoms with Crippen LogP contribution in [-0.4, -0.2) is 11.5 Å². The van der Waals surface area contributed by atoms with Crippen molar-refractivity contribution in [3.63, 3.8) is 0 Å². The molecular formula is C13H12F2OS. The molecule has 0 amide bonds. The molecule has 0 radical (unpaired) electrons. The van der Waals surface area contributed by atoms with E-state index in [4.69, 9.17) is 0 Å². The van der Waals surface area contributed by atoms with Crippen LogP contribution in [0, 0.1) is 6.92 Å². The maximum absolute atomic E-state index is 13.3. The van der Waals surface area contributed by atoms with Gasteiger partial charge < -0.3 is 5.11 Å². The molecule has 1 N–H and O–H groups in total. The van der Waals surface area contributed by atoms with E-state index in [0.717, 1.165) is 11.3 Å². The van der Waals surface area contributed by atoms with Crippen molar-refractivity contribution in [3.8, 4) is 0 Å². The van der Waals surface area contributed by atoms with Crippen molar-refractivity contribution in [3.05, 3.63) is 57.8 Å². The predicted octanol–water partition coefficient (Wildman–Crippen LogP) is 3.56. The summed E-state index contributed by atoms with van der Waals surface area (Å²) in [5.74, 6) is 0. The maximum atomic E-state index is 13.3. The van der Waals surface area contributed by atoms with Crippen molar-refractivity contribution in [1.29, 1.82) is 0 Å². The highest BCUT2D eigenvalue weighted by Crippen LogP contribution is 2.39. The number of thiophene rings is 1. The van der Waals surface area contributed by atoms with E-state index in [1.54, 1.807) is 42.6 Å². The Morgan fingerprint density at radius 1 is 1.18 bits per heavy atom. The summed E-state index contributed by atoms with van der Waals surface area (Å²) in [5, 5.41) is 12.0. The molecule has 0 fully saturated rings. The van der Waals surface area contributed by atoms with Crippen molar-refractivity contribution in [2.45, 2.75) is 19.0 Å². The molecule has 1 atom stereocenters. The molecule has 1 aromatic heterocycles. The quantitative estimate of drug-likeness (QED) is 0.888. The van der Waals surface area contributed by atoms with Gasteiger partial charge in [0.15, 0.2) is 5.60 Å². The van der Waals surface area contributed by atoms with Crippen LogP contribution in [0.4, 0.5) is 8.78 Å². The number of aliphatic hydroxyl groups is 1. The van der Waals surface area contributed by atoms with Gasteiger partial charge in [0.1, 0.15) is 0 Å². The monoisotopic (exact) mass is 254 g/mol. The third-order valence-electron chi connectivity index (χ3n) is 2.77. The highest BCUT2D eigenvalue weighted by molar-refractivity contribution is 7.10. The van der Waals surface area contributed by atoms with Crippen LogP contribution in [0.2, 0.25) is 0 Å².